The first-order valence-corrected chi connectivity index (χ1v) is 4.82. The van der Waals surface area contributed by atoms with Gasteiger partial charge in [0.25, 0.3) is 5.69 Å². The summed E-state index contributed by atoms with van der Waals surface area (Å²) in [4.78, 5) is 11.8. The fourth-order valence-electron chi connectivity index (χ4n) is 1.21. The summed E-state index contributed by atoms with van der Waals surface area (Å²) >= 11 is 0. The van der Waals surface area contributed by atoms with Crippen molar-refractivity contribution in [1.82, 2.24) is 4.90 Å². The molecule has 0 spiro atoms. The molecular formula is C10H14FN3O2. The topological polar surface area (TPSA) is 58.4 Å². The number of nitro benzene ring substituents is 1. The van der Waals surface area contributed by atoms with Crippen LogP contribution < -0.4 is 5.32 Å². The molecule has 0 fully saturated rings. The van der Waals surface area contributed by atoms with E-state index in [1.165, 1.54) is 12.1 Å². The van der Waals surface area contributed by atoms with E-state index in [0.29, 0.717) is 12.2 Å². The van der Waals surface area contributed by atoms with E-state index in [4.69, 9.17) is 0 Å². The summed E-state index contributed by atoms with van der Waals surface area (Å²) in [5, 5.41) is 13.4. The molecular weight excluding hydrogens is 213 g/mol. The molecule has 0 unspecified atom stereocenters. The molecule has 0 aliphatic carbocycles. The quantitative estimate of drug-likeness (QED) is 0.614. The second-order valence-corrected chi connectivity index (χ2v) is 3.69. The maximum Gasteiger partial charge on any atom is 0.274 e. The molecule has 1 N–H and O–H groups in total. The van der Waals surface area contributed by atoms with Crippen LogP contribution in [0.3, 0.4) is 0 Å². The average molecular weight is 227 g/mol. The first-order chi connectivity index (χ1) is 7.49. The van der Waals surface area contributed by atoms with E-state index in [9.17, 15) is 14.5 Å². The Hall–Kier alpha value is -1.69. The number of nitrogens with one attached hydrogen (secondary N) is 1. The number of likely N-dealkylation sites (N-methyl/N-ethyl adjacent to an activating group) is 1. The number of rotatable bonds is 5. The number of benzene rings is 1. The molecule has 0 saturated heterocycles. The Labute approximate surface area is 93.0 Å². The molecule has 1 rings (SSSR count). The molecule has 0 radical (unpaired) electrons. The maximum absolute atomic E-state index is 13.0. The third-order valence-corrected chi connectivity index (χ3v) is 1.98. The molecule has 0 aromatic heterocycles. The lowest BCUT2D eigenvalue weighted by Crippen LogP contribution is -2.20. The lowest BCUT2D eigenvalue weighted by Gasteiger charge is -2.11. The number of nitro groups is 1. The van der Waals surface area contributed by atoms with Gasteiger partial charge in [0, 0.05) is 24.8 Å². The Morgan fingerprint density at radius 3 is 2.69 bits per heavy atom. The van der Waals surface area contributed by atoms with Crippen LogP contribution in [-0.2, 0) is 0 Å². The standard InChI is InChI=1S/C10H14FN3O2/c1-13(2)4-3-12-9-5-8(11)6-10(7-9)14(15)16/h5-7,12H,3-4H2,1-2H3. The molecule has 0 saturated carbocycles. The Bertz CT molecular complexity index is 382. The number of nitrogens with zero attached hydrogens (tertiary/aromatic N) is 2. The second-order valence-electron chi connectivity index (χ2n) is 3.69. The lowest BCUT2D eigenvalue weighted by molar-refractivity contribution is -0.385. The van der Waals surface area contributed by atoms with Crippen LogP contribution in [0.1, 0.15) is 0 Å². The predicted octanol–water partition coefficient (Wildman–Crippen LogP) is 1.71. The number of halogens is 1. The van der Waals surface area contributed by atoms with Crippen molar-refractivity contribution in [2.45, 2.75) is 0 Å². The van der Waals surface area contributed by atoms with Gasteiger partial charge in [-0.15, -0.1) is 0 Å². The third-order valence-electron chi connectivity index (χ3n) is 1.98. The molecule has 6 heteroatoms. The average Bonchev–Trinajstić information content (AvgIpc) is 2.16. The maximum atomic E-state index is 13.0. The fourth-order valence-corrected chi connectivity index (χ4v) is 1.21. The van der Waals surface area contributed by atoms with Crippen LogP contribution in [0, 0.1) is 15.9 Å². The molecule has 0 heterocycles. The summed E-state index contributed by atoms with van der Waals surface area (Å²) in [5.74, 6) is -0.610. The minimum atomic E-state index is -0.611. The summed E-state index contributed by atoms with van der Waals surface area (Å²) < 4.78 is 13.0. The highest BCUT2D eigenvalue weighted by Crippen LogP contribution is 2.19. The van der Waals surface area contributed by atoms with E-state index in [1.54, 1.807) is 0 Å². The normalized spacial score (nSPS) is 10.5. The lowest BCUT2D eigenvalue weighted by atomic mass is 10.2. The van der Waals surface area contributed by atoms with Gasteiger partial charge in [0.05, 0.1) is 11.0 Å². The molecule has 0 amide bonds. The van der Waals surface area contributed by atoms with E-state index in [1.807, 2.05) is 19.0 Å². The van der Waals surface area contributed by atoms with Crippen molar-refractivity contribution in [3.05, 3.63) is 34.1 Å². The van der Waals surface area contributed by atoms with Crippen LogP contribution in [0.4, 0.5) is 15.8 Å². The van der Waals surface area contributed by atoms with Gasteiger partial charge in [-0.1, -0.05) is 0 Å². The van der Waals surface area contributed by atoms with Crippen molar-refractivity contribution in [3.8, 4) is 0 Å². The van der Waals surface area contributed by atoms with Crippen molar-refractivity contribution >= 4 is 11.4 Å². The van der Waals surface area contributed by atoms with Crippen molar-refractivity contribution < 1.29 is 9.31 Å². The molecule has 88 valence electrons. The SMILES string of the molecule is CN(C)CCNc1cc(F)cc([N+](=O)[O-])c1. The highest BCUT2D eigenvalue weighted by molar-refractivity contribution is 5.51. The molecule has 0 aliphatic heterocycles. The van der Waals surface area contributed by atoms with Gasteiger partial charge in [-0.25, -0.2) is 4.39 Å². The van der Waals surface area contributed by atoms with Gasteiger partial charge in [0.2, 0.25) is 0 Å². The van der Waals surface area contributed by atoms with E-state index in [2.05, 4.69) is 5.32 Å². The molecule has 1 aromatic carbocycles. The van der Waals surface area contributed by atoms with Gasteiger partial charge in [-0.05, 0) is 20.2 Å². The summed E-state index contributed by atoms with van der Waals surface area (Å²) in [6.07, 6.45) is 0. The number of hydrogen-bond acceptors (Lipinski definition) is 4. The Morgan fingerprint density at radius 1 is 1.44 bits per heavy atom. The van der Waals surface area contributed by atoms with Crippen molar-refractivity contribution in [2.24, 2.45) is 0 Å². The van der Waals surface area contributed by atoms with Gasteiger partial charge in [-0.3, -0.25) is 10.1 Å². The third kappa shape index (κ3) is 3.82. The van der Waals surface area contributed by atoms with Crippen LogP contribution in [0.15, 0.2) is 18.2 Å². The first-order valence-electron chi connectivity index (χ1n) is 4.82. The van der Waals surface area contributed by atoms with E-state index >= 15 is 0 Å². The van der Waals surface area contributed by atoms with E-state index in [-0.39, 0.29) is 5.69 Å². The van der Waals surface area contributed by atoms with Gasteiger partial charge >= 0.3 is 0 Å². The monoisotopic (exact) mass is 227 g/mol. The van der Waals surface area contributed by atoms with E-state index in [0.717, 1.165) is 12.6 Å². The highest BCUT2D eigenvalue weighted by atomic mass is 19.1. The smallest absolute Gasteiger partial charge is 0.274 e. The van der Waals surface area contributed by atoms with Crippen molar-refractivity contribution in [2.75, 3.05) is 32.5 Å². The van der Waals surface area contributed by atoms with Crippen LogP contribution >= 0.6 is 0 Å². The Kier molecular flexibility index (Phi) is 4.19. The summed E-state index contributed by atoms with van der Waals surface area (Å²) in [7, 11) is 3.82. The summed E-state index contributed by atoms with van der Waals surface area (Å²) in [6.45, 7) is 1.37. The summed E-state index contributed by atoms with van der Waals surface area (Å²) in [6, 6.07) is 3.46. The highest BCUT2D eigenvalue weighted by Gasteiger charge is 2.09. The minimum absolute atomic E-state index is 0.243. The first kappa shape index (κ1) is 12.4. The summed E-state index contributed by atoms with van der Waals surface area (Å²) in [5.41, 5.74) is 0.181. The largest absolute Gasteiger partial charge is 0.383 e. The molecule has 0 atom stereocenters. The van der Waals surface area contributed by atoms with Crippen LogP contribution in [0.25, 0.3) is 0 Å². The van der Waals surface area contributed by atoms with Gasteiger partial charge in [-0.2, -0.15) is 0 Å². The Morgan fingerprint density at radius 2 is 2.12 bits per heavy atom. The molecule has 1 aromatic rings. The minimum Gasteiger partial charge on any atom is -0.383 e. The van der Waals surface area contributed by atoms with Gasteiger partial charge in [0.1, 0.15) is 5.82 Å². The molecule has 16 heavy (non-hydrogen) atoms. The molecule has 0 aliphatic rings. The number of non-ortho nitro benzene ring substituents is 1. The van der Waals surface area contributed by atoms with Crippen LogP contribution in [0.2, 0.25) is 0 Å². The fraction of sp³-hybridized carbons (Fsp3) is 0.400. The van der Waals surface area contributed by atoms with Gasteiger partial charge < -0.3 is 10.2 Å². The Balaban J connectivity index is 2.69. The van der Waals surface area contributed by atoms with Crippen LogP contribution in [-0.4, -0.2) is 37.0 Å². The van der Waals surface area contributed by atoms with Gasteiger partial charge in [0.15, 0.2) is 0 Å². The number of hydrogen-bond donors (Lipinski definition) is 1. The zero-order chi connectivity index (χ0) is 12.1. The predicted molar refractivity (Wildman–Crippen MR) is 60.1 cm³/mol. The zero-order valence-electron chi connectivity index (χ0n) is 9.24. The van der Waals surface area contributed by atoms with Crippen LogP contribution in [0.5, 0.6) is 0 Å². The molecule has 0 bridgehead atoms. The number of anilines is 1. The van der Waals surface area contributed by atoms with E-state index < -0.39 is 10.7 Å². The molecule has 5 nitrogen and oxygen atoms in total. The van der Waals surface area contributed by atoms with Crippen molar-refractivity contribution in [3.63, 3.8) is 0 Å². The van der Waals surface area contributed by atoms with Crippen molar-refractivity contribution in [1.29, 1.82) is 0 Å². The zero-order valence-corrected chi connectivity index (χ0v) is 9.24. The second kappa shape index (κ2) is 5.41.